The summed E-state index contributed by atoms with van der Waals surface area (Å²) in [6.45, 7) is 0. The average molecular weight is 444 g/mol. The third-order valence-electron chi connectivity index (χ3n) is 4.56. The Hall–Kier alpha value is -4.72. The quantitative estimate of drug-likeness (QED) is 0.395. The number of aromatic carboxylic acids is 1. The summed E-state index contributed by atoms with van der Waals surface area (Å²) in [6.07, 6.45) is 2.69. The number of carboxylic acid groups (broad SMARTS) is 1. The summed E-state index contributed by atoms with van der Waals surface area (Å²) in [5.41, 5.74) is 2.87. The van der Waals surface area contributed by atoms with Gasteiger partial charge in [0, 0.05) is 23.5 Å². The summed E-state index contributed by atoms with van der Waals surface area (Å²) in [4.78, 5) is 30.0. The highest BCUT2D eigenvalue weighted by atomic mass is 16.5. The smallest absolute Gasteiger partial charge is 0.339 e. The lowest BCUT2D eigenvalue weighted by Gasteiger charge is -2.04. The Morgan fingerprint density at radius 1 is 0.697 bits per heavy atom. The Kier molecular flexibility index (Phi) is 7.33. The predicted molar refractivity (Wildman–Crippen MR) is 121 cm³/mol. The number of ether oxygens (including phenoxy) is 1. The van der Waals surface area contributed by atoms with E-state index in [4.69, 9.17) is 5.11 Å². The second kappa shape index (κ2) is 10.5. The van der Waals surface area contributed by atoms with Crippen LogP contribution in [0.5, 0.6) is 11.5 Å². The molecular weight excluding hydrogens is 424 g/mol. The summed E-state index contributed by atoms with van der Waals surface area (Å²) in [7, 11) is 1.32. The van der Waals surface area contributed by atoms with E-state index in [9.17, 15) is 19.8 Å². The lowest BCUT2D eigenvalue weighted by atomic mass is 10.1. The molecule has 0 unspecified atom stereocenters. The first-order chi connectivity index (χ1) is 15.9. The molecule has 0 amide bonds. The van der Waals surface area contributed by atoms with E-state index in [1.165, 1.54) is 25.6 Å². The van der Waals surface area contributed by atoms with Crippen LogP contribution in [-0.4, -0.2) is 44.3 Å². The number of carbonyl (C=O) groups is 2. The molecule has 2 aromatic heterocycles. The zero-order chi connectivity index (χ0) is 23.8. The van der Waals surface area contributed by atoms with Crippen molar-refractivity contribution in [1.82, 2.24) is 9.97 Å². The van der Waals surface area contributed by atoms with Crippen molar-refractivity contribution >= 4 is 11.9 Å². The van der Waals surface area contributed by atoms with Crippen molar-refractivity contribution < 1.29 is 29.6 Å². The Labute approximate surface area is 189 Å². The molecule has 0 aliphatic rings. The number of methoxy groups -OCH3 is 1. The molecule has 0 aliphatic heterocycles. The number of aromatic hydroxyl groups is 2. The summed E-state index contributed by atoms with van der Waals surface area (Å²) in [6, 6.07) is 20.0. The van der Waals surface area contributed by atoms with Crippen molar-refractivity contribution in [3.8, 4) is 34.0 Å². The SMILES string of the molecule is COC(=O)c1ccc(-c2ccccc2O)nc1.O=C(O)c1ccc(-c2ccccc2O)nc1. The molecule has 0 radical (unpaired) electrons. The Morgan fingerprint density at radius 2 is 1.15 bits per heavy atom. The fraction of sp³-hybridized carbons (Fsp3) is 0.0400. The second-order valence-electron chi connectivity index (χ2n) is 6.70. The molecule has 2 aromatic carbocycles. The van der Waals surface area contributed by atoms with Crippen molar-refractivity contribution in [3.05, 3.63) is 96.3 Å². The van der Waals surface area contributed by atoms with E-state index in [0.717, 1.165) is 0 Å². The highest BCUT2D eigenvalue weighted by Crippen LogP contribution is 2.27. The van der Waals surface area contributed by atoms with Gasteiger partial charge in [0.15, 0.2) is 0 Å². The molecule has 0 saturated heterocycles. The normalized spacial score (nSPS) is 9.97. The van der Waals surface area contributed by atoms with Crippen LogP contribution in [0.4, 0.5) is 0 Å². The van der Waals surface area contributed by atoms with E-state index in [0.29, 0.717) is 28.1 Å². The zero-order valence-corrected chi connectivity index (χ0v) is 17.5. The molecule has 2 heterocycles. The highest BCUT2D eigenvalue weighted by molar-refractivity contribution is 5.89. The second-order valence-corrected chi connectivity index (χ2v) is 6.70. The van der Waals surface area contributed by atoms with Gasteiger partial charge in [-0.15, -0.1) is 0 Å². The third kappa shape index (κ3) is 5.71. The predicted octanol–water partition coefficient (Wildman–Crippen LogP) is 4.39. The molecule has 8 heteroatoms. The number of benzene rings is 2. The van der Waals surface area contributed by atoms with Gasteiger partial charge in [0.2, 0.25) is 0 Å². The molecule has 0 saturated carbocycles. The van der Waals surface area contributed by atoms with Crippen molar-refractivity contribution in [3.63, 3.8) is 0 Å². The number of hydrogen-bond donors (Lipinski definition) is 3. The highest BCUT2D eigenvalue weighted by Gasteiger charge is 2.09. The zero-order valence-electron chi connectivity index (χ0n) is 17.5. The van der Waals surface area contributed by atoms with E-state index in [1.54, 1.807) is 60.7 Å². The molecule has 4 aromatic rings. The molecule has 4 rings (SSSR count). The van der Waals surface area contributed by atoms with Gasteiger partial charge in [-0.2, -0.15) is 0 Å². The number of para-hydroxylation sites is 2. The molecule has 0 bridgehead atoms. The van der Waals surface area contributed by atoms with Crippen LogP contribution in [-0.2, 0) is 4.74 Å². The van der Waals surface area contributed by atoms with E-state index < -0.39 is 11.9 Å². The summed E-state index contributed by atoms with van der Waals surface area (Å²) >= 11 is 0. The Bertz CT molecular complexity index is 1250. The molecule has 0 fully saturated rings. The first-order valence-electron chi connectivity index (χ1n) is 9.71. The minimum Gasteiger partial charge on any atom is -0.507 e. The van der Waals surface area contributed by atoms with E-state index in [2.05, 4.69) is 14.7 Å². The van der Waals surface area contributed by atoms with E-state index in [1.807, 2.05) is 6.07 Å². The lowest BCUT2D eigenvalue weighted by Crippen LogP contribution is -2.01. The van der Waals surface area contributed by atoms with Gasteiger partial charge >= 0.3 is 11.9 Å². The Morgan fingerprint density at radius 3 is 1.52 bits per heavy atom. The minimum atomic E-state index is -1.02. The average Bonchev–Trinajstić information content (AvgIpc) is 2.85. The van der Waals surface area contributed by atoms with Gasteiger partial charge in [-0.1, -0.05) is 24.3 Å². The first-order valence-corrected chi connectivity index (χ1v) is 9.71. The van der Waals surface area contributed by atoms with Crippen LogP contribution in [0.2, 0.25) is 0 Å². The van der Waals surface area contributed by atoms with Crippen molar-refractivity contribution in [2.24, 2.45) is 0 Å². The number of phenolic OH excluding ortho intramolecular Hbond substituents is 2. The first kappa shape index (κ1) is 23.0. The number of esters is 1. The van der Waals surface area contributed by atoms with Crippen molar-refractivity contribution in [2.45, 2.75) is 0 Å². The van der Waals surface area contributed by atoms with Crippen LogP contribution in [0, 0.1) is 0 Å². The molecule has 0 atom stereocenters. The van der Waals surface area contributed by atoms with Crippen LogP contribution in [0.25, 0.3) is 22.5 Å². The number of pyridine rings is 2. The minimum absolute atomic E-state index is 0.123. The largest absolute Gasteiger partial charge is 0.507 e. The number of aromatic nitrogens is 2. The van der Waals surface area contributed by atoms with Gasteiger partial charge in [0.05, 0.1) is 29.6 Å². The number of nitrogens with zero attached hydrogens (tertiary/aromatic N) is 2. The van der Waals surface area contributed by atoms with Crippen LogP contribution in [0.3, 0.4) is 0 Å². The van der Waals surface area contributed by atoms with Gasteiger partial charge in [-0.3, -0.25) is 9.97 Å². The molecule has 33 heavy (non-hydrogen) atoms. The molecule has 0 spiro atoms. The maximum atomic E-state index is 11.2. The van der Waals surface area contributed by atoms with Crippen LogP contribution in [0.1, 0.15) is 20.7 Å². The molecule has 3 N–H and O–H groups in total. The fourth-order valence-electron chi connectivity index (χ4n) is 2.85. The monoisotopic (exact) mass is 444 g/mol. The van der Waals surface area contributed by atoms with Crippen LogP contribution >= 0.6 is 0 Å². The maximum absolute atomic E-state index is 11.2. The van der Waals surface area contributed by atoms with Crippen LogP contribution in [0.15, 0.2) is 85.2 Å². The topological polar surface area (TPSA) is 130 Å². The standard InChI is InChI=1S/C13H11NO3.C12H9NO3/c1-17-13(16)9-6-7-11(14-8-9)10-4-2-3-5-12(10)15;14-11-4-2-1-3-9(11)10-6-5-8(7-13-10)12(15)16/h2-8,15H,1H3;1-7,14H,(H,15,16). The molecule has 8 nitrogen and oxygen atoms in total. The summed E-state index contributed by atoms with van der Waals surface area (Å²) in [5.74, 6) is -1.17. The Balaban J connectivity index is 0.000000186. The summed E-state index contributed by atoms with van der Waals surface area (Å²) in [5, 5.41) is 28.0. The third-order valence-corrected chi connectivity index (χ3v) is 4.56. The van der Waals surface area contributed by atoms with Crippen molar-refractivity contribution in [1.29, 1.82) is 0 Å². The molecule has 0 aliphatic carbocycles. The number of carboxylic acids is 1. The van der Waals surface area contributed by atoms with Gasteiger partial charge in [-0.25, -0.2) is 9.59 Å². The van der Waals surface area contributed by atoms with Gasteiger partial charge in [0.1, 0.15) is 11.5 Å². The van der Waals surface area contributed by atoms with Gasteiger partial charge in [0.25, 0.3) is 0 Å². The van der Waals surface area contributed by atoms with Crippen LogP contribution < -0.4 is 0 Å². The fourth-order valence-corrected chi connectivity index (χ4v) is 2.85. The number of hydrogen-bond acceptors (Lipinski definition) is 7. The molecule has 166 valence electrons. The maximum Gasteiger partial charge on any atom is 0.339 e. The number of rotatable bonds is 4. The van der Waals surface area contributed by atoms with E-state index in [-0.39, 0.29) is 17.1 Å². The number of phenols is 2. The summed E-state index contributed by atoms with van der Waals surface area (Å²) < 4.78 is 4.58. The van der Waals surface area contributed by atoms with Gasteiger partial charge in [-0.05, 0) is 48.5 Å². The van der Waals surface area contributed by atoms with E-state index >= 15 is 0 Å². The van der Waals surface area contributed by atoms with Gasteiger partial charge < -0.3 is 20.1 Å². The van der Waals surface area contributed by atoms with Crippen molar-refractivity contribution in [2.75, 3.05) is 7.11 Å². The lowest BCUT2D eigenvalue weighted by molar-refractivity contribution is 0.0599. The molecular formula is C25H20N2O6. The number of carbonyl (C=O) groups excluding carboxylic acids is 1.